The number of anilines is 2. The first-order chi connectivity index (χ1) is 22.3. The maximum Gasteiger partial charge on any atom is 0.242 e. The van der Waals surface area contributed by atoms with Crippen LogP contribution in [0.2, 0.25) is 5.02 Å². The maximum atomic E-state index is 15.5. The van der Waals surface area contributed by atoms with E-state index in [4.69, 9.17) is 11.6 Å². The SMILES string of the molecule is CC(C)(C)[S@@+]([O-])NC(CCC1CC1)(c1cccc(C#N)c1)c1ccc(F)c(NC(=O)[C@H]2C[C@H](O)CN2C(O)Nc2ccc(Cl)cc2)c1. The van der Waals surface area contributed by atoms with Gasteiger partial charge in [-0.15, -0.1) is 4.72 Å². The first-order valence-corrected chi connectivity index (χ1v) is 17.3. The number of amides is 1. The van der Waals surface area contributed by atoms with E-state index in [1.807, 2.05) is 26.8 Å². The fourth-order valence-electron chi connectivity index (χ4n) is 5.86. The molecule has 0 aromatic heterocycles. The van der Waals surface area contributed by atoms with Crippen LogP contribution in [0.15, 0.2) is 66.7 Å². The highest BCUT2D eigenvalue weighted by atomic mass is 35.5. The highest BCUT2D eigenvalue weighted by molar-refractivity contribution is 7.90. The van der Waals surface area contributed by atoms with Crippen LogP contribution in [0, 0.1) is 23.1 Å². The quantitative estimate of drug-likeness (QED) is 0.123. The van der Waals surface area contributed by atoms with Crippen molar-refractivity contribution in [2.24, 2.45) is 5.92 Å². The Bertz CT molecular complexity index is 1610. The lowest BCUT2D eigenvalue weighted by Crippen LogP contribution is -2.52. The maximum absolute atomic E-state index is 15.5. The van der Waals surface area contributed by atoms with Crippen molar-refractivity contribution in [3.8, 4) is 6.07 Å². The van der Waals surface area contributed by atoms with E-state index in [-0.39, 0.29) is 18.7 Å². The number of nitriles is 1. The Balaban J connectivity index is 1.48. The largest absolute Gasteiger partial charge is 0.598 e. The van der Waals surface area contributed by atoms with Crippen molar-refractivity contribution in [3.63, 3.8) is 0 Å². The van der Waals surface area contributed by atoms with Crippen molar-refractivity contribution in [2.45, 2.75) is 81.7 Å². The summed E-state index contributed by atoms with van der Waals surface area (Å²) in [5.74, 6) is -0.757. The number of aliphatic hydroxyl groups excluding tert-OH is 2. The van der Waals surface area contributed by atoms with E-state index in [1.54, 1.807) is 54.6 Å². The lowest BCUT2D eigenvalue weighted by Gasteiger charge is -2.39. The Hall–Kier alpha value is -3.21. The molecule has 3 aromatic rings. The Kier molecular flexibility index (Phi) is 10.8. The highest BCUT2D eigenvalue weighted by Gasteiger charge is 2.44. The second kappa shape index (κ2) is 14.5. The summed E-state index contributed by atoms with van der Waals surface area (Å²) in [6, 6.07) is 19.4. The minimum atomic E-state index is -1.56. The van der Waals surface area contributed by atoms with E-state index in [9.17, 15) is 24.8 Å². The molecule has 1 saturated carbocycles. The highest BCUT2D eigenvalue weighted by Crippen LogP contribution is 2.43. The average molecular weight is 682 g/mol. The van der Waals surface area contributed by atoms with E-state index >= 15 is 4.39 Å². The van der Waals surface area contributed by atoms with E-state index < -0.39 is 51.9 Å². The number of aliphatic hydroxyl groups is 2. The fraction of sp³-hybridized carbons (Fsp3) is 0.429. The second-order valence-electron chi connectivity index (χ2n) is 13.4. The van der Waals surface area contributed by atoms with Crippen LogP contribution in [0.25, 0.3) is 0 Å². The van der Waals surface area contributed by atoms with Crippen LogP contribution in [0.5, 0.6) is 0 Å². The molecule has 9 nitrogen and oxygen atoms in total. The summed E-state index contributed by atoms with van der Waals surface area (Å²) in [5, 5.41) is 37.3. The van der Waals surface area contributed by atoms with E-state index in [1.165, 1.54) is 11.0 Å². The summed E-state index contributed by atoms with van der Waals surface area (Å²) in [4.78, 5) is 15.1. The normalized spacial score (nSPS) is 21.0. The molecule has 1 amide bonds. The molecule has 5 atom stereocenters. The Morgan fingerprint density at radius 1 is 1.15 bits per heavy atom. The molecule has 2 aliphatic rings. The van der Waals surface area contributed by atoms with Gasteiger partial charge in [0.1, 0.15) is 16.1 Å². The predicted octanol–water partition coefficient (Wildman–Crippen LogP) is 5.60. The Morgan fingerprint density at radius 3 is 2.51 bits per heavy atom. The molecule has 3 aromatic carbocycles. The molecule has 0 spiro atoms. The van der Waals surface area contributed by atoms with Crippen LogP contribution in [0.3, 0.4) is 0 Å². The molecule has 5 rings (SSSR count). The molecule has 250 valence electrons. The molecule has 2 fully saturated rings. The number of carbonyl (C=O) groups is 1. The van der Waals surface area contributed by atoms with Gasteiger partial charge >= 0.3 is 0 Å². The van der Waals surface area contributed by atoms with Crippen molar-refractivity contribution < 1.29 is 24.0 Å². The topological polar surface area (TPSA) is 144 Å². The van der Waals surface area contributed by atoms with Crippen molar-refractivity contribution >= 4 is 40.2 Å². The summed E-state index contributed by atoms with van der Waals surface area (Å²) >= 11 is 4.41. The van der Waals surface area contributed by atoms with Gasteiger partial charge in [-0.2, -0.15) is 5.26 Å². The Labute approximate surface area is 283 Å². The van der Waals surface area contributed by atoms with Crippen molar-refractivity contribution in [3.05, 3.63) is 94.3 Å². The van der Waals surface area contributed by atoms with Crippen LogP contribution < -0.4 is 15.4 Å². The number of rotatable bonds is 12. The molecule has 1 aliphatic carbocycles. The van der Waals surface area contributed by atoms with Crippen molar-refractivity contribution in [2.75, 3.05) is 17.2 Å². The molecule has 2 unspecified atom stereocenters. The van der Waals surface area contributed by atoms with Crippen LogP contribution in [0.1, 0.15) is 69.6 Å². The minimum absolute atomic E-state index is 0.0183. The molecule has 1 heterocycles. The molecule has 5 N–H and O–H groups in total. The van der Waals surface area contributed by atoms with Gasteiger partial charge in [0.2, 0.25) is 5.91 Å². The van der Waals surface area contributed by atoms with Gasteiger partial charge in [-0.05, 0) is 106 Å². The number of carbonyl (C=O) groups excluding carboxylic acids is 1. The summed E-state index contributed by atoms with van der Waals surface area (Å²) in [6.45, 7) is 5.61. The number of nitrogens with zero attached hydrogens (tertiary/aromatic N) is 2. The molecule has 0 radical (unpaired) electrons. The minimum Gasteiger partial charge on any atom is -0.598 e. The van der Waals surface area contributed by atoms with Gasteiger partial charge in [-0.1, -0.05) is 42.6 Å². The second-order valence-corrected chi connectivity index (χ2v) is 15.8. The number of halogens is 2. The Morgan fingerprint density at radius 2 is 1.85 bits per heavy atom. The van der Waals surface area contributed by atoms with Crippen molar-refractivity contribution in [1.29, 1.82) is 5.26 Å². The fourth-order valence-corrected chi connectivity index (χ4v) is 6.95. The zero-order valence-corrected chi connectivity index (χ0v) is 28.2. The number of likely N-dealkylation sites (tertiary alicyclic amines) is 1. The summed E-state index contributed by atoms with van der Waals surface area (Å²) < 4.78 is 32.0. The van der Waals surface area contributed by atoms with E-state index in [0.717, 1.165) is 19.3 Å². The van der Waals surface area contributed by atoms with Gasteiger partial charge in [-0.3, -0.25) is 4.79 Å². The van der Waals surface area contributed by atoms with Crippen LogP contribution >= 0.6 is 11.6 Å². The number of benzene rings is 3. The number of nitrogens with one attached hydrogen (secondary N) is 3. The molecule has 47 heavy (non-hydrogen) atoms. The molecular formula is C35H41ClFN5O4S. The predicted molar refractivity (Wildman–Crippen MR) is 182 cm³/mol. The molecule has 12 heteroatoms. The summed E-state index contributed by atoms with van der Waals surface area (Å²) in [5.41, 5.74) is 1.11. The summed E-state index contributed by atoms with van der Waals surface area (Å²) in [7, 11) is 0. The first-order valence-electron chi connectivity index (χ1n) is 15.7. The number of β-amino-alcohol motifs (C(OH)–C–C–N with tert-alkyl or cyclic N) is 1. The lowest BCUT2D eigenvalue weighted by atomic mass is 9.79. The van der Waals surface area contributed by atoms with Gasteiger partial charge in [-0.25, -0.2) is 9.29 Å². The molecule has 0 bridgehead atoms. The molecular weight excluding hydrogens is 641 g/mol. The van der Waals surface area contributed by atoms with Gasteiger partial charge in [0, 0.05) is 28.6 Å². The molecule has 1 aliphatic heterocycles. The number of hydrogen-bond acceptors (Lipinski definition) is 8. The van der Waals surface area contributed by atoms with Gasteiger partial charge in [0.25, 0.3) is 0 Å². The average Bonchev–Trinajstić information content (AvgIpc) is 3.79. The standard InChI is InChI=1S/C35H41ClFN5O4S/c1-34(2,3)47(46)41-35(16-15-22-7-8-22,24-6-4-5-23(17-24)20-38)25-9-14-29(37)30(18-25)40-32(44)31-19-28(43)21-42(31)33(45)39-27-12-10-26(36)11-13-27/h4-6,9-14,17-18,22,28,31,33,39,41,43,45H,7-8,15-16,19,21H2,1-3H3,(H,40,44)/t28-,31+,33?,35?,47+/m0/s1. The summed E-state index contributed by atoms with van der Waals surface area (Å²) in [6.07, 6.45) is 1.37. The van der Waals surface area contributed by atoms with Crippen LogP contribution in [0.4, 0.5) is 15.8 Å². The monoisotopic (exact) mass is 681 g/mol. The van der Waals surface area contributed by atoms with Crippen molar-refractivity contribution in [1.82, 2.24) is 9.62 Å². The zero-order chi connectivity index (χ0) is 33.9. The number of hydrogen-bond donors (Lipinski definition) is 5. The van der Waals surface area contributed by atoms with E-state index in [2.05, 4.69) is 21.4 Å². The third kappa shape index (κ3) is 8.45. The van der Waals surface area contributed by atoms with E-state index in [0.29, 0.717) is 39.7 Å². The van der Waals surface area contributed by atoms with Crippen LogP contribution in [-0.2, 0) is 21.7 Å². The van der Waals surface area contributed by atoms with Gasteiger partial charge in [0.05, 0.1) is 29.5 Å². The van der Waals surface area contributed by atoms with Crippen LogP contribution in [-0.4, -0.2) is 55.4 Å². The first kappa shape index (κ1) is 35.1. The van der Waals surface area contributed by atoms with Gasteiger partial charge in [0.15, 0.2) is 6.35 Å². The third-order valence-electron chi connectivity index (χ3n) is 8.72. The van der Waals surface area contributed by atoms with Gasteiger partial charge < -0.3 is 25.4 Å². The smallest absolute Gasteiger partial charge is 0.242 e. The lowest BCUT2D eigenvalue weighted by molar-refractivity contribution is -0.123. The zero-order valence-electron chi connectivity index (χ0n) is 26.7. The third-order valence-corrected chi connectivity index (χ3v) is 10.6. The molecule has 1 saturated heterocycles.